The fourth-order valence-corrected chi connectivity index (χ4v) is 2.35. The van der Waals surface area contributed by atoms with Crippen molar-refractivity contribution in [3.63, 3.8) is 0 Å². The van der Waals surface area contributed by atoms with Gasteiger partial charge >= 0.3 is 16.1 Å². The molecule has 20 heavy (non-hydrogen) atoms. The maximum atomic E-state index is 12.7. The highest BCUT2D eigenvalue weighted by atomic mass is 32.2. The fraction of sp³-hybridized carbons (Fsp3) is 0.0714. The minimum Gasteiger partial charge on any atom is -0.338 e. The van der Waals surface area contributed by atoms with E-state index in [1.54, 1.807) is 19.1 Å². The molecule has 0 amide bonds. The van der Waals surface area contributed by atoms with Gasteiger partial charge in [-0.25, -0.2) is 9.18 Å². The molecular formula is C14H11FO4S. The van der Waals surface area contributed by atoms with Crippen molar-refractivity contribution < 1.29 is 21.8 Å². The summed E-state index contributed by atoms with van der Waals surface area (Å²) in [5, 5.41) is 0. The van der Waals surface area contributed by atoms with Gasteiger partial charge in [0.1, 0.15) is 10.7 Å². The molecule has 0 atom stereocenters. The first-order valence-corrected chi connectivity index (χ1v) is 7.10. The molecule has 0 aliphatic carbocycles. The quantitative estimate of drug-likeness (QED) is 0.817. The van der Waals surface area contributed by atoms with Crippen LogP contribution in [0.5, 0.6) is 0 Å². The minimum atomic E-state index is -4.18. The van der Waals surface area contributed by atoms with Crippen molar-refractivity contribution >= 4 is 16.1 Å². The second-order valence-corrected chi connectivity index (χ2v) is 5.69. The first-order chi connectivity index (χ1) is 9.38. The smallest absolute Gasteiger partial charge is 0.338 e. The number of carbonyl (C=O) groups is 1. The summed E-state index contributed by atoms with van der Waals surface area (Å²) in [5.74, 6) is -1.58. The van der Waals surface area contributed by atoms with Gasteiger partial charge in [0.15, 0.2) is 0 Å². The predicted molar refractivity (Wildman–Crippen MR) is 70.2 cm³/mol. The minimum absolute atomic E-state index is 0.0397. The molecule has 4 nitrogen and oxygen atoms in total. The van der Waals surface area contributed by atoms with E-state index < -0.39 is 21.9 Å². The van der Waals surface area contributed by atoms with Crippen LogP contribution >= 0.6 is 0 Å². The third-order valence-corrected chi connectivity index (χ3v) is 3.80. The van der Waals surface area contributed by atoms with Crippen LogP contribution in [0.1, 0.15) is 15.9 Å². The van der Waals surface area contributed by atoms with E-state index in [4.69, 9.17) is 0 Å². The van der Waals surface area contributed by atoms with Gasteiger partial charge in [-0.05, 0) is 43.3 Å². The van der Waals surface area contributed by atoms with Gasteiger partial charge in [0, 0.05) is 0 Å². The van der Waals surface area contributed by atoms with E-state index in [0.717, 1.165) is 29.8 Å². The molecule has 0 unspecified atom stereocenters. The Kier molecular flexibility index (Phi) is 3.85. The molecule has 0 bridgehead atoms. The van der Waals surface area contributed by atoms with Crippen molar-refractivity contribution in [1.82, 2.24) is 0 Å². The Bertz CT molecular complexity index is 719. The molecule has 2 aromatic carbocycles. The summed E-state index contributed by atoms with van der Waals surface area (Å²) >= 11 is 0. The SMILES string of the molecule is Cc1ccc(S(=O)(=O)OC(=O)c2ccc(F)cc2)cc1. The largest absolute Gasteiger partial charge is 0.354 e. The van der Waals surface area contributed by atoms with Crippen molar-refractivity contribution in [1.29, 1.82) is 0 Å². The van der Waals surface area contributed by atoms with Crippen molar-refractivity contribution in [3.8, 4) is 0 Å². The Morgan fingerprint density at radius 1 is 1.00 bits per heavy atom. The van der Waals surface area contributed by atoms with Crippen LogP contribution in [0.4, 0.5) is 4.39 Å². The van der Waals surface area contributed by atoms with Crippen molar-refractivity contribution in [3.05, 3.63) is 65.5 Å². The second-order valence-electron chi connectivity index (χ2n) is 4.14. The van der Waals surface area contributed by atoms with Gasteiger partial charge in [0.2, 0.25) is 0 Å². The third-order valence-electron chi connectivity index (χ3n) is 2.57. The van der Waals surface area contributed by atoms with Crippen molar-refractivity contribution in [2.75, 3.05) is 0 Å². The average molecular weight is 294 g/mol. The summed E-state index contributed by atoms with van der Waals surface area (Å²) in [6.07, 6.45) is 0. The number of hydrogen-bond donors (Lipinski definition) is 0. The van der Waals surface area contributed by atoms with Crippen LogP contribution in [-0.4, -0.2) is 14.4 Å². The molecule has 2 aromatic rings. The summed E-state index contributed by atoms with van der Waals surface area (Å²) in [4.78, 5) is 11.6. The van der Waals surface area contributed by atoms with E-state index in [1.807, 2.05) is 0 Å². The van der Waals surface area contributed by atoms with Gasteiger partial charge in [0.05, 0.1) is 5.56 Å². The lowest BCUT2D eigenvalue weighted by Crippen LogP contribution is -2.13. The van der Waals surface area contributed by atoms with E-state index in [0.29, 0.717) is 0 Å². The number of rotatable bonds is 3. The number of benzene rings is 2. The third kappa shape index (κ3) is 3.21. The Morgan fingerprint density at radius 3 is 2.10 bits per heavy atom. The lowest BCUT2D eigenvalue weighted by molar-refractivity contribution is 0.0746. The molecule has 104 valence electrons. The van der Waals surface area contributed by atoms with Gasteiger partial charge in [0.25, 0.3) is 0 Å². The fourth-order valence-electron chi connectivity index (χ4n) is 1.49. The van der Waals surface area contributed by atoms with Gasteiger partial charge in [-0.2, -0.15) is 8.42 Å². The maximum Gasteiger partial charge on any atom is 0.354 e. The van der Waals surface area contributed by atoms with Gasteiger partial charge in [-0.1, -0.05) is 17.7 Å². The van der Waals surface area contributed by atoms with Crippen LogP contribution < -0.4 is 0 Å². The van der Waals surface area contributed by atoms with Crippen LogP contribution in [0.3, 0.4) is 0 Å². The zero-order valence-corrected chi connectivity index (χ0v) is 11.4. The van der Waals surface area contributed by atoms with Gasteiger partial charge in [-0.3, -0.25) is 0 Å². The molecule has 0 heterocycles. The van der Waals surface area contributed by atoms with E-state index in [-0.39, 0.29) is 10.5 Å². The van der Waals surface area contributed by atoms with Crippen LogP contribution in [0.15, 0.2) is 53.4 Å². The monoisotopic (exact) mass is 294 g/mol. The number of hydrogen-bond acceptors (Lipinski definition) is 4. The van der Waals surface area contributed by atoms with Gasteiger partial charge < -0.3 is 4.18 Å². The van der Waals surface area contributed by atoms with Crippen LogP contribution in [0.2, 0.25) is 0 Å². The summed E-state index contributed by atoms with van der Waals surface area (Å²) in [6, 6.07) is 10.3. The lowest BCUT2D eigenvalue weighted by atomic mass is 10.2. The number of halogens is 1. The zero-order valence-electron chi connectivity index (χ0n) is 10.5. The van der Waals surface area contributed by atoms with Gasteiger partial charge in [-0.15, -0.1) is 0 Å². The van der Waals surface area contributed by atoms with Crippen LogP contribution in [-0.2, 0) is 14.3 Å². The normalized spacial score (nSPS) is 11.1. The molecule has 0 aliphatic rings. The Hall–Kier alpha value is -2.21. The molecule has 0 radical (unpaired) electrons. The molecule has 0 aliphatic heterocycles. The number of aryl methyl sites for hydroxylation is 1. The molecule has 0 aromatic heterocycles. The van der Waals surface area contributed by atoms with E-state index in [9.17, 15) is 17.6 Å². The standard InChI is InChI=1S/C14H11FO4S/c1-10-2-8-13(9-3-10)20(17,18)19-14(16)11-4-6-12(15)7-5-11/h2-9H,1H3. The molecule has 2 rings (SSSR count). The maximum absolute atomic E-state index is 12.7. The molecule has 0 spiro atoms. The Morgan fingerprint density at radius 2 is 1.55 bits per heavy atom. The molecule has 0 saturated carbocycles. The second kappa shape index (κ2) is 5.42. The predicted octanol–water partition coefficient (Wildman–Crippen LogP) is 2.68. The highest BCUT2D eigenvalue weighted by molar-refractivity contribution is 7.87. The molecule has 0 fully saturated rings. The van der Waals surface area contributed by atoms with E-state index >= 15 is 0 Å². The first-order valence-electron chi connectivity index (χ1n) is 5.69. The van der Waals surface area contributed by atoms with E-state index in [1.165, 1.54) is 12.1 Å². The average Bonchev–Trinajstić information content (AvgIpc) is 2.39. The Balaban J connectivity index is 2.22. The van der Waals surface area contributed by atoms with Crippen LogP contribution in [0, 0.1) is 12.7 Å². The summed E-state index contributed by atoms with van der Waals surface area (Å²) in [6.45, 7) is 1.81. The first kappa shape index (κ1) is 14.2. The molecular weight excluding hydrogens is 283 g/mol. The molecule has 0 saturated heterocycles. The summed E-state index contributed by atoms with van der Waals surface area (Å²) < 4.78 is 41.0. The highest BCUT2D eigenvalue weighted by Crippen LogP contribution is 2.15. The number of carbonyl (C=O) groups excluding carboxylic acids is 1. The highest BCUT2D eigenvalue weighted by Gasteiger charge is 2.21. The summed E-state index contributed by atoms with van der Waals surface area (Å²) in [5.41, 5.74) is 0.843. The molecule has 6 heteroatoms. The van der Waals surface area contributed by atoms with E-state index in [2.05, 4.69) is 4.18 Å². The van der Waals surface area contributed by atoms with Crippen LogP contribution in [0.25, 0.3) is 0 Å². The van der Waals surface area contributed by atoms with Crippen molar-refractivity contribution in [2.45, 2.75) is 11.8 Å². The topological polar surface area (TPSA) is 60.4 Å². The Labute approximate surface area is 115 Å². The molecule has 0 N–H and O–H groups in total. The zero-order chi connectivity index (χ0) is 14.8. The lowest BCUT2D eigenvalue weighted by Gasteiger charge is -2.06. The summed E-state index contributed by atoms with van der Waals surface area (Å²) in [7, 11) is -4.18. The van der Waals surface area contributed by atoms with Crippen molar-refractivity contribution in [2.24, 2.45) is 0 Å².